The van der Waals surface area contributed by atoms with Crippen LogP contribution in [0.15, 0.2) is 12.3 Å². The maximum absolute atomic E-state index is 15.2. The van der Waals surface area contributed by atoms with Gasteiger partial charge < -0.3 is 20.7 Å². The molecule has 1 aromatic rings. The highest BCUT2D eigenvalue weighted by molar-refractivity contribution is 6.44. The van der Waals surface area contributed by atoms with Gasteiger partial charge >= 0.3 is 6.09 Å². The topological polar surface area (TPSA) is 142 Å². The van der Waals surface area contributed by atoms with Gasteiger partial charge in [-0.15, -0.1) is 0 Å². The summed E-state index contributed by atoms with van der Waals surface area (Å²) >= 11 is 0. The third-order valence-corrected chi connectivity index (χ3v) is 6.04. The monoisotopic (exact) mass is 465 g/mol. The number of alkyl halides is 1. The molecule has 1 unspecified atom stereocenters. The third kappa shape index (κ3) is 6.29. The summed E-state index contributed by atoms with van der Waals surface area (Å²) in [6, 6.07) is 0.240. The molecule has 0 spiro atoms. The number of rotatable bonds is 8. The molecule has 1 aromatic heterocycles. The molecule has 10 nitrogen and oxygen atoms in total. The zero-order valence-corrected chi connectivity index (χ0v) is 19.3. The SMILES string of the molecule is CC(C)(C)OC(=O)NC(CC1(F)CCCC1)C(=O)NC1(C(=O)C(=O)Nc2ccn[nH]2)CCC1. The van der Waals surface area contributed by atoms with E-state index in [1.165, 1.54) is 12.3 Å². The number of aromatic nitrogens is 2. The van der Waals surface area contributed by atoms with E-state index in [0.717, 1.165) is 0 Å². The van der Waals surface area contributed by atoms with Crippen LogP contribution in [0.3, 0.4) is 0 Å². The molecule has 33 heavy (non-hydrogen) atoms. The first-order valence-corrected chi connectivity index (χ1v) is 11.3. The van der Waals surface area contributed by atoms with Gasteiger partial charge in [-0.25, -0.2) is 9.18 Å². The van der Waals surface area contributed by atoms with E-state index in [1.807, 2.05) is 0 Å². The summed E-state index contributed by atoms with van der Waals surface area (Å²) in [5.74, 6) is -2.16. The van der Waals surface area contributed by atoms with Crippen LogP contribution in [0.2, 0.25) is 0 Å². The Labute approximate surface area is 191 Å². The minimum atomic E-state index is -1.59. The second-order valence-corrected chi connectivity index (χ2v) is 9.94. The van der Waals surface area contributed by atoms with Crippen LogP contribution < -0.4 is 16.0 Å². The standard InChI is InChI=1S/C22H32FN5O5/c1-20(2,3)33-19(32)25-14(13-21(23)8-4-5-9-21)17(30)27-22(10-6-11-22)16(29)18(31)26-15-7-12-24-28-15/h7,12,14H,4-6,8-11,13H2,1-3H3,(H,25,32)(H,27,30)(H2,24,26,28,31). The van der Waals surface area contributed by atoms with Gasteiger partial charge in [0.05, 0.1) is 6.20 Å². The second-order valence-electron chi connectivity index (χ2n) is 9.94. The number of hydrogen-bond acceptors (Lipinski definition) is 6. The maximum Gasteiger partial charge on any atom is 0.408 e. The molecular formula is C22H32FN5O5. The first-order chi connectivity index (χ1) is 15.4. The first kappa shape index (κ1) is 24.7. The number of carbonyl (C=O) groups is 4. The van der Waals surface area contributed by atoms with Gasteiger partial charge in [0.25, 0.3) is 5.91 Å². The molecule has 2 fully saturated rings. The Bertz CT molecular complexity index is 885. The van der Waals surface area contributed by atoms with Gasteiger partial charge in [0.1, 0.15) is 28.7 Å². The minimum Gasteiger partial charge on any atom is -0.444 e. The van der Waals surface area contributed by atoms with Crippen molar-refractivity contribution in [3.8, 4) is 0 Å². The fourth-order valence-corrected chi connectivity index (χ4v) is 4.22. The number of Topliss-reactive ketones (excluding diaryl/α,β-unsaturated/α-hetero) is 1. The van der Waals surface area contributed by atoms with Gasteiger partial charge in [-0.1, -0.05) is 12.8 Å². The molecule has 4 N–H and O–H groups in total. The number of ether oxygens (including phenoxy) is 1. The molecule has 0 aromatic carbocycles. The smallest absolute Gasteiger partial charge is 0.408 e. The average molecular weight is 466 g/mol. The lowest BCUT2D eigenvalue weighted by Crippen LogP contribution is -2.65. The summed E-state index contributed by atoms with van der Waals surface area (Å²) in [5.41, 5.74) is -3.79. The molecule has 0 saturated heterocycles. The highest BCUT2D eigenvalue weighted by Gasteiger charge is 2.50. The van der Waals surface area contributed by atoms with E-state index in [4.69, 9.17) is 4.74 Å². The highest BCUT2D eigenvalue weighted by Crippen LogP contribution is 2.38. The number of aromatic amines is 1. The predicted octanol–water partition coefficient (Wildman–Crippen LogP) is 2.52. The fourth-order valence-electron chi connectivity index (χ4n) is 4.22. The Kier molecular flexibility index (Phi) is 7.08. The second kappa shape index (κ2) is 9.48. The van der Waals surface area contributed by atoms with E-state index in [2.05, 4.69) is 26.1 Å². The molecule has 1 heterocycles. The lowest BCUT2D eigenvalue weighted by atomic mass is 9.73. The Balaban J connectivity index is 1.72. The molecule has 3 amide bonds. The predicted molar refractivity (Wildman–Crippen MR) is 117 cm³/mol. The quantitative estimate of drug-likeness (QED) is 0.435. The summed E-state index contributed by atoms with van der Waals surface area (Å²) < 4.78 is 20.5. The molecule has 1 atom stereocenters. The number of carbonyl (C=O) groups excluding carboxylic acids is 4. The molecule has 2 saturated carbocycles. The van der Waals surface area contributed by atoms with Crippen LogP contribution in [0.4, 0.5) is 15.0 Å². The van der Waals surface area contributed by atoms with E-state index < -0.39 is 46.5 Å². The summed E-state index contributed by atoms with van der Waals surface area (Å²) in [6.07, 6.45) is 3.51. The summed E-state index contributed by atoms with van der Waals surface area (Å²) in [6.45, 7) is 5.03. The largest absolute Gasteiger partial charge is 0.444 e. The number of nitrogens with one attached hydrogen (secondary N) is 4. The van der Waals surface area contributed by atoms with Crippen molar-refractivity contribution in [3.63, 3.8) is 0 Å². The zero-order chi connectivity index (χ0) is 24.3. The van der Waals surface area contributed by atoms with Gasteiger partial charge in [0.2, 0.25) is 11.7 Å². The lowest BCUT2D eigenvalue weighted by Gasteiger charge is -2.41. The summed E-state index contributed by atoms with van der Waals surface area (Å²) in [5, 5.41) is 13.7. The number of ketones is 1. The molecule has 0 bridgehead atoms. The molecule has 0 aliphatic heterocycles. The average Bonchev–Trinajstić information content (AvgIpc) is 3.33. The van der Waals surface area contributed by atoms with Crippen molar-refractivity contribution >= 4 is 29.5 Å². The first-order valence-electron chi connectivity index (χ1n) is 11.3. The molecule has 0 radical (unpaired) electrons. The molecular weight excluding hydrogens is 433 g/mol. The molecule has 3 rings (SSSR count). The van der Waals surface area contributed by atoms with Crippen molar-refractivity contribution in [2.24, 2.45) is 0 Å². The van der Waals surface area contributed by atoms with Gasteiger partial charge in [0, 0.05) is 12.5 Å². The van der Waals surface area contributed by atoms with Crippen LogP contribution in [-0.2, 0) is 19.1 Å². The third-order valence-electron chi connectivity index (χ3n) is 6.04. The van der Waals surface area contributed by atoms with Crippen molar-refractivity contribution in [2.45, 2.75) is 95.0 Å². The van der Waals surface area contributed by atoms with E-state index in [0.29, 0.717) is 32.1 Å². The molecule has 2 aliphatic carbocycles. The molecule has 11 heteroatoms. The van der Waals surface area contributed by atoms with E-state index in [-0.39, 0.29) is 25.1 Å². The number of halogens is 1. The van der Waals surface area contributed by atoms with Gasteiger partial charge in [-0.05, 0) is 52.9 Å². The van der Waals surface area contributed by atoms with E-state index >= 15 is 4.39 Å². The van der Waals surface area contributed by atoms with Crippen LogP contribution in [-0.4, -0.2) is 56.7 Å². The van der Waals surface area contributed by atoms with Gasteiger partial charge in [0.15, 0.2) is 0 Å². The fraction of sp³-hybridized carbons (Fsp3) is 0.682. The zero-order valence-electron chi connectivity index (χ0n) is 19.3. The molecule has 182 valence electrons. The van der Waals surface area contributed by atoms with Gasteiger partial charge in [-0.2, -0.15) is 5.10 Å². The Morgan fingerprint density at radius 2 is 1.82 bits per heavy atom. The minimum absolute atomic E-state index is 0.233. The van der Waals surface area contributed by atoms with Crippen molar-refractivity contribution in [2.75, 3.05) is 5.32 Å². The number of nitrogens with zero attached hydrogens (tertiary/aromatic N) is 1. The Morgan fingerprint density at radius 3 is 2.33 bits per heavy atom. The van der Waals surface area contributed by atoms with Crippen LogP contribution in [0.1, 0.15) is 72.1 Å². The van der Waals surface area contributed by atoms with Crippen LogP contribution in [0.25, 0.3) is 0 Å². The summed E-state index contributed by atoms with van der Waals surface area (Å²) in [4.78, 5) is 50.9. The lowest BCUT2D eigenvalue weighted by molar-refractivity contribution is -0.144. The van der Waals surface area contributed by atoms with E-state index in [9.17, 15) is 19.2 Å². The van der Waals surface area contributed by atoms with Crippen LogP contribution in [0, 0.1) is 0 Å². The number of H-pyrrole nitrogens is 1. The van der Waals surface area contributed by atoms with Crippen molar-refractivity contribution in [3.05, 3.63) is 12.3 Å². The molecule has 2 aliphatic rings. The van der Waals surface area contributed by atoms with Crippen LogP contribution >= 0.6 is 0 Å². The number of alkyl carbamates (subject to hydrolysis) is 1. The number of hydrogen-bond donors (Lipinski definition) is 4. The number of anilines is 1. The Morgan fingerprint density at radius 1 is 1.15 bits per heavy atom. The normalized spacial score (nSPS) is 19.6. The number of amides is 3. The van der Waals surface area contributed by atoms with Gasteiger partial charge in [-0.3, -0.25) is 19.5 Å². The summed E-state index contributed by atoms with van der Waals surface area (Å²) in [7, 11) is 0. The van der Waals surface area contributed by atoms with Crippen LogP contribution in [0.5, 0.6) is 0 Å². The van der Waals surface area contributed by atoms with Crippen molar-refractivity contribution in [1.29, 1.82) is 0 Å². The maximum atomic E-state index is 15.2. The van der Waals surface area contributed by atoms with E-state index in [1.54, 1.807) is 20.8 Å². The van der Waals surface area contributed by atoms with Crippen molar-refractivity contribution < 1.29 is 28.3 Å². The Hall–Kier alpha value is -2.98. The highest BCUT2D eigenvalue weighted by atomic mass is 19.1. The van der Waals surface area contributed by atoms with Crippen molar-refractivity contribution in [1.82, 2.24) is 20.8 Å².